The fourth-order valence-corrected chi connectivity index (χ4v) is 2.23. The van der Waals surface area contributed by atoms with Gasteiger partial charge in [0, 0.05) is 25.4 Å². The first-order valence-electron chi connectivity index (χ1n) is 6.02. The van der Waals surface area contributed by atoms with Gasteiger partial charge in [-0.3, -0.25) is 0 Å². The summed E-state index contributed by atoms with van der Waals surface area (Å²) in [7, 11) is 0. The van der Waals surface area contributed by atoms with E-state index < -0.39 is 0 Å². The second-order valence-corrected chi connectivity index (χ2v) is 4.48. The topological polar surface area (TPSA) is 61.8 Å². The third-order valence-electron chi connectivity index (χ3n) is 3.35. The average molecular weight is 233 g/mol. The van der Waals surface area contributed by atoms with E-state index in [9.17, 15) is 0 Å². The number of hydrogen-bond donors (Lipinski definition) is 2. The quantitative estimate of drug-likeness (QED) is 0.468. The zero-order valence-corrected chi connectivity index (χ0v) is 9.92. The van der Waals surface area contributed by atoms with Crippen molar-refractivity contribution in [3.8, 4) is 0 Å². The number of hydrazone groups is 1. The van der Waals surface area contributed by atoms with Crippen molar-refractivity contribution in [1.82, 2.24) is 0 Å². The Hall–Kier alpha value is -1.55. The molecule has 2 rings (SSSR count). The Morgan fingerprint density at radius 2 is 1.94 bits per heavy atom. The number of aliphatic hydroxyl groups is 1. The molecule has 0 spiro atoms. The van der Waals surface area contributed by atoms with Crippen molar-refractivity contribution in [1.29, 1.82) is 0 Å². The summed E-state index contributed by atoms with van der Waals surface area (Å²) in [5, 5.41) is 12.6. The second kappa shape index (κ2) is 5.68. The fraction of sp³-hybridized carbons (Fsp3) is 0.462. The summed E-state index contributed by atoms with van der Waals surface area (Å²) in [6, 6.07) is 8.22. The van der Waals surface area contributed by atoms with E-state index in [0.29, 0.717) is 12.5 Å². The largest absolute Gasteiger partial charge is 0.396 e. The first-order valence-corrected chi connectivity index (χ1v) is 6.02. The minimum absolute atomic E-state index is 0.319. The van der Waals surface area contributed by atoms with Crippen LogP contribution in [0.1, 0.15) is 18.4 Å². The lowest BCUT2D eigenvalue weighted by Gasteiger charge is -2.32. The van der Waals surface area contributed by atoms with Crippen LogP contribution in [-0.2, 0) is 0 Å². The zero-order chi connectivity index (χ0) is 12.1. The van der Waals surface area contributed by atoms with Crippen molar-refractivity contribution < 1.29 is 5.11 Å². The molecule has 0 aromatic heterocycles. The summed E-state index contributed by atoms with van der Waals surface area (Å²) in [5.74, 6) is 5.59. The molecule has 0 radical (unpaired) electrons. The smallest absolute Gasteiger partial charge is 0.0538 e. The normalized spacial score (nSPS) is 17.8. The minimum atomic E-state index is 0.319. The summed E-state index contributed by atoms with van der Waals surface area (Å²) >= 11 is 0. The molecule has 0 aliphatic carbocycles. The van der Waals surface area contributed by atoms with Crippen LogP contribution in [0.25, 0.3) is 0 Å². The van der Waals surface area contributed by atoms with E-state index in [1.54, 1.807) is 6.21 Å². The highest BCUT2D eigenvalue weighted by atomic mass is 16.3. The highest BCUT2D eigenvalue weighted by Gasteiger charge is 2.18. The molecule has 1 heterocycles. The zero-order valence-electron chi connectivity index (χ0n) is 9.92. The van der Waals surface area contributed by atoms with Crippen LogP contribution in [0, 0.1) is 5.92 Å². The average Bonchev–Trinajstić information content (AvgIpc) is 2.40. The molecular weight excluding hydrogens is 214 g/mol. The lowest BCUT2D eigenvalue weighted by Crippen LogP contribution is -2.34. The van der Waals surface area contributed by atoms with Crippen LogP contribution >= 0.6 is 0 Å². The van der Waals surface area contributed by atoms with Crippen molar-refractivity contribution >= 4 is 11.9 Å². The standard InChI is InChI=1S/C13H19N3O/c14-15-9-11-1-3-13(4-2-11)16-7-5-12(10-17)6-8-16/h1-4,9,12,17H,5-8,10,14H2. The number of anilines is 1. The van der Waals surface area contributed by atoms with Crippen molar-refractivity contribution in [3.05, 3.63) is 29.8 Å². The predicted octanol–water partition coefficient (Wildman–Crippen LogP) is 1.19. The van der Waals surface area contributed by atoms with E-state index in [1.165, 1.54) is 5.69 Å². The Balaban J connectivity index is 1.98. The van der Waals surface area contributed by atoms with Crippen molar-refractivity contribution in [2.75, 3.05) is 24.6 Å². The van der Waals surface area contributed by atoms with Crippen LogP contribution in [0.3, 0.4) is 0 Å². The van der Waals surface area contributed by atoms with E-state index in [-0.39, 0.29) is 0 Å². The SMILES string of the molecule is NN=Cc1ccc(N2CCC(CO)CC2)cc1. The van der Waals surface area contributed by atoms with Gasteiger partial charge < -0.3 is 15.8 Å². The molecule has 0 bridgehead atoms. The van der Waals surface area contributed by atoms with E-state index in [4.69, 9.17) is 10.9 Å². The lowest BCUT2D eigenvalue weighted by atomic mass is 9.97. The summed E-state index contributed by atoms with van der Waals surface area (Å²) in [4.78, 5) is 2.36. The lowest BCUT2D eigenvalue weighted by molar-refractivity contribution is 0.203. The molecule has 1 aliphatic heterocycles. The molecule has 4 heteroatoms. The Morgan fingerprint density at radius 1 is 1.29 bits per heavy atom. The van der Waals surface area contributed by atoms with Gasteiger partial charge in [0.2, 0.25) is 0 Å². The summed E-state index contributed by atoms with van der Waals surface area (Å²) < 4.78 is 0. The predicted molar refractivity (Wildman–Crippen MR) is 70.2 cm³/mol. The third kappa shape index (κ3) is 2.97. The number of hydrogen-bond acceptors (Lipinski definition) is 4. The van der Waals surface area contributed by atoms with E-state index in [2.05, 4.69) is 22.1 Å². The van der Waals surface area contributed by atoms with Gasteiger partial charge in [0.25, 0.3) is 0 Å². The van der Waals surface area contributed by atoms with Gasteiger partial charge in [-0.2, -0.15) is 5.10 Å². The van der Waals surface area contributed by atoms with Crippen LogP contribution in [0.5, 0.6) is 0 Å². The van der Waals surface area contributed by atoms with Gasteiger partial charge in [-0.15, -0.1) is 0 Å². The van der Waals surface area contributed by atoms with Gasteiger partial charge in [0.15, 0.2) is 0 Å². The Morgan fingerprint density at radius 3 is 2.47 bits per heavy atom. The summed E-state index contributed by atoms with van der Waals surface area (Å²) in [6.45, 7) is 2.37. The number of rotatable bonds is 3. The molecule has 0 atom stereocenters. The Bertz CT molecular complexity index is 367. The van der Waals surface area contributed by atoms with Crippen LogP contribution in [0.2, 0.25) is 0 Å². The molecule has 1 aromatic carbocycles. The molecule has 3 N–H and O–H groups in total. The molecule has 17 heavy (non-hydrogen) atoms. The summed E-state index contributed by atoms with van der Waals surface area (Å²) in [6.07, 6.45) is 3.78. The highest BCUT2D eigenvalue weighted by molar-refractivity contribution is 5.80. The van der Waals surface area contributed by atoms with Gasteiger partial charge >= 0.3 is 0 Å². The summed E-state index contributed by atoms with van der Waals surface area (Å²) in [5.41, 5.74) is 2.25. The van der Waals surface area contributed by atoms with E-state index >= 15 is 0 Å². The Kier molecular flexibility index (Phi) is 3.98. The monoisotopic (exact) mass is 233 g/mol. The Labute approximate surface area is 102 Å². The molecular formula is C13H19N3O. The van der Waals surface area contributed by atoms with Crippen LogP contribution in [0.4, 0.5) is 5.69 Å². The first kappa shape index (κ1) is 11.9. The maximum atomic E-state index is 9.10. The third-order valence-corrected chi connectivity index (χ3v) is 3.35. The molecule has 1 fully saturated rings. The molecule has 1 aliphatic rings. The van der Waals surface area contributed by atoms with Gasteiger partial charge in [0.05, 0.1) is 6.21 Å². The maximum Gasteiger partial charge on any atom is 0.0538 e. The second-order valence-electron chi connectivity index (χ2n) is 4.48. The van der Waals surface area contributed by atoms with Gasteiger partial charge in [-0.05, 0) is 36.5 Å². The van der Waals surface area contributed by atoms with Crippen molar-refractivity contribution in [2.24, 2.45) is 16.9 Å². The van der Waals surface area contributed by atoms with Gasteiger partial charge in [0.1, 0.15) is 0 Å². The van der Waals surface area contributed by atoms with Crippen LogP contribution in [-0.4, -0.2) is 31.0 Å². The molecule has 0 amide bonds. The van der Waals surface area contributed by atoms with Crippen molar-refractivity contribution in [2.45, 2.75) is 12.8 Å². The van der Waals surface area contributed by atoms with Crippen LogP contribution in [0.15, 0.2) is 29.4 Å². The number of nitrogens with two attached hydrogens (primary N) is 1. The first-order chi connectivity index (χ1) is 8.33. The molecule has 0 saturated carbocycles. The number of nitrogens with zero attached hydrogens (tertiary/aromatic N) is 2. The highest BCUT2D eigenvalue weighted by Crippen LogP contribution is 2.22. The molecule has 0 unspecified atom stereocenters. The molecule has 1 saturated heterocycles. The van der Waals surface area contributed by atoms with Crippen LogP contribution < -0.4 is 10.7 Å². The number of aliphatic hydroxyl groups excluding tert-OH is 1. The molecule has 1 aromatic rings. The molecule has 92 valence electrons. The van der Waals surface area contributed by atoms with Crippen molar-refractivity contribution in [3.63, 3.8) is 0 Å². The van der Waals surface area contributed by atoms with E-state index in [1.807, 2.05) is 12.1 Å². The fourth-order valence-electron chi connectivity index (χ4n) is 2.23. The minimum Gasteiger partial charge on any atom is -0.396 e. The number of piperidine rings is 1. The van der Waals surface area contributed by atoms with Gasteiger partial charge in [-0.1, -0.05) is 12.1 Å². The molecule has 4 nitrogen and oxygen atoms in total. The maximum absolute atomic E-state index is 9.10. The van der Waals surface area contributed by atoms with Gasteiger partial charge in [-0.25, -0.2) is 0 Å². The van der Waals surface area contributed by atoms with E-state index in [0.717, 1.165) is 31.5 Å². The number of benzene rings is 1.